The van der Waals surface area contributed by atoms with Crippen molar-refractivity contribution in [2.75, 3.05) is 32.6 Å². The number of nitrogens with zero attached hydrogens (tertiary/aromatic N) is 4. The molecule has 2 aliphatic rings. The zero-order valence-electron chi connectivity index (χ0n) is 16.4. The van der Waals surface area contributed by atoms with E-state index in [1.54, 1.807) is 31.0 Å². The van der Waals surface area contributed by atoms with Gasteiger partial charge in [-0.15, -0.1) is 0 Å². The molecule has 0 spiro atoms. The standard InChI is InChI=1S/C20H23FN6O2/c1-28-15-5-6-17(24-13-9-22-8-12(13)21)25-20(15)14-10-23-18-7-16(29-2)19(11-3-4-11)26-27(14)18/h5-7,10-13,22H,3-4,8-9H2,1-2H3,(H,24,25). The summed E-state index contributed by atoms with van der Waals surface area (Å²) in [6.45, 7) is 0.912. The Bertz CT molecular complexity index is 1050. The van der Waals surface area contributed by atoms with Gasteiger partial charge in [-0.3, -0.25) is 0 Å². The van der Waals surface area contributed by atoms with E-state index in [9.17, 15) is 4.39 Å². The first kappa shape index (κ1) is 18.1. The molecule has 4 heterocycles. The molecule has 8 nitrogen and oxygen atoms in total. The van der Waals surface area contributed by atoms with Crippen LogP contribution < -0.4 is 20.1 Å². The van der Waals surface area contributed by atoms with Crippen LogP contribution in [0.2, 0.25) is 0 Å². The predicted molar refractivity (Wildman–Crippen MR) is 106 cm³/mol. The summed E-state index contributed by atoms with van der Waals surface area (Å²) in [5, 5.41) is 11.0. The maximum atomic E-state index is 14.0. The highest BCUT2D eigenvalue weighted by atomic mass is 19.1. The molecule has 9 heteroatoms. The van der Waals surface area contributed by atoms with Crippen LogP contribution >= 0.6 is 0 Å². The van der Waals surface area contributed by atoms with E-state index in [1.165, 1.54) is 0 Å². The third kappa shape index (κ3) is 3.25. The fourth-order valence-corrected chi connectivity index (χ4v) is 3.73. The molecule has 0 radical (unpaired) electrons. The number of hydrogen-bond donors (Lipinski definition) is 2. The van der Waals surface area contributed by atoms with Gasteiger partial charge in [0.2, 0.25) is 0 Å². The molecule has 1 aliphatic heterocycles. The first-order valence-corrected chi connectivity index (χ1v) is 9.77. The van der Waals surface area contributed by atoms with Gasteiger partial charge in [-0.05, 0) is 25.0 Å². The number of pyridine rings is 1. The second-order valence-electron chi connectivity index (χ2n) is 7.46. The number of hydrogen-bond acceptors (Lipinski definition) is 7. The zero-order valence-corrected chi connectivity index (χ0v) is 16.4. The van der Waals surface area contributed by atoms with Crippen molar-refractivity contribution in [3.05, 3.63) is 30.1 Å². The Morgan fingerprint density at radius 1 is 1.17 bits per heavy atom. The lowest BCUT2D eigenvalue weighted by atomic mass is 10.2. The molecule has 0 amide bonds. The Balaban J connectivity index is 1.58. The molecule has 2 fully saturated rings. The van der Waals surface area contributed by atoms with E-state index in [1.807, 2.05) is 12.1 Å². The highest BCUT2D eigenvalue weighted by Gasteiger charge is 2.30. The second-order valence-corrected chi connectivity index (χ2v) is 7.46. The smallest absolute Gasteiger partial charge is 0.157 e. The minimum Gasteiger partial charge on any atom is -0.495 e. The van der Waals surface area contributed by atoms with Crippen molar-refractivity contribution in [1.29, 1.82) is 0 Å². The fourth-order valence-electron chi connectivity index (χ4n) is 3.73. The minimum atomic E-state index is -0.951. The van der Waals surface area contributed by atoms with Gasteiger partial charge >= 0.3 is 0 Å². The molecular formula is C20H23FN6O2. The number of methoxy groups -OCH3 is 2. The fraction of sp³-hybridized carbons (Fsp3) is 0.450. The van der Waals surface area contributed by atoms with Gasteiger partial charge in [-0.25, -0.2) is 18.9 Å². The van der Waals surface area contributed by atoms with Crippen molar-refractivity contribution in [2.45, 2.75) is 31.0 Å². The highest BCUT2D eigenvalue weighted by molar-refractivity contribution is 5.68. The van der Waals surface area contributed by atoms with E-state index in [0.29, 0.717) is 47.6 Å². The van der Waals surface area contributed by atoms with Crippen LogP contribution in [-0.4, -0.2) is 59.1 Å². The van der Waals surface area contributed by atoms with Gasteiger partial charge in [-0.1, -0.05) is 0 Å². The van der Waals surface area contributed by atoms with Gasteiger partial charge in [-0.2, -0.15) is 5.10 Å². The SMILES string of the molecule is COc1ccc(NC2CNCC2F)nc1-c1cnc2cc(OC)c(C3CC3)nn12. The Morgan fingerprint density at radius 3 is 2.69 bits per heavy atom. The molecule has 2 N–H and O–H groups in total. The summed E-state index contributed by atoms with van der Waals surface area (Å²) in [4.78, 5) is 9.18. The van der Waals surface area contributed by atoms with Gasteiger partial charge < -0.3 is 20.1 Å². The Hall–Kier alpha value is -2.94. The second kappa shape index (κ2) is 7.14. The third-order valence-electron chi connectivity index (χ3n) is 5.46. The van der Waals surface area contributed by atoms with Crippen molar-refractivity contribution in [3.8, 4) is 22.9 Å². The molecule has 3 aromatic rings. The van der Waals surface area contributed by atoms with Crippen molar-refractivity contribution >= 4 is 11.5 Å². The van der Waals surface area contributed by atoms with Crippen LogP contribution in [0.25, 0.3) is 17.0 Å². The van der Waals surface area contributed by atoms with E-state index < -0.39 is 6.17 Å². The molecule has 5 rings (SSSR count). The number of rotatable bonds is 6. The van der Waals surface area contributed by atoms with Gasteiger partial charge in [0, 0.05) is 25.1 Å². The van der Waals surface area contributed by atoms with E-state index in [4.69, 9.17) is 19.6 Å². The number of halogens is 1. The number of nitrogens with one attached hydrogen (secondary N) is 2. The van der Waals surface area contributed by atoms with Crippen molar-refractivity contribution < 1.29 is 13.9 Å². The lowest BCUT2D eigenvalue weighted by Crippen LogP contribution is -2.29. The van der Waals surface area contributed by atoms with E-state index in [0.717, 1.165) is 24.3 Å². The molecule has 29 heavy (non-hydrogen) atoms. The molecule has 1 aliphatic carbocycles. The summed E-state index contributed by atoms with van der Waals surface area (Å²) >= 11 is 0. The van der Waals surface area contributed by atoms with Gasteiger partial charge in [0.1, 0.15) is 40.6 Å². The number of anilines is 1. The van der Waals surface area contributed by atoms with E-state index >= 15 is 0 Å². The first-order chi connectivity index (χ1) is 14.2. The first-order valence-electron chi connectivity index (χ1n) is 9.77. The summed E-state index contributed by atoms with van der Waals surface area (Å²) in [7, 11) is 3.25. The number of alkyl halides is 1. The van der Waals surface area contributed by atoms with Gasteiger partial charge in [0.25, 0.3) is 0 Å². The molecule has 2 atom stereocenters. The largest absolute Gasteiger partial charge is 0.495 e. The lowest BCUT2D eigenvalue weighted by molar-refractivity contribution is 0.342. The van der Waals surface area contributed by atoms with Crippen LogP contribution in [0, 0.1) is 0 Å². The highest BCUT2D eigenvalue weighted by Crippen LogP contribution is 2.43. The maximum absolute atomic E-state index is 14.0. The number of aromatic nitrogens is 4. The van der Waals surface area contributed by atoms with Crippen molar-refractivity contribution in [1.82, 2.24) is 24.9 Å². The van der Waals surface area contributed by atoms with Crippen molar-refractivity contribution in [3.63, 3.8) is 0 Å². The van der Waals surface area contributed by atoms with E-state index in [2.05, 4.69) is 15.6 Å². The molecule has 1 saturated carbocycles. The molecule has 3 aromatic heterocycles. The van der Waals surface area contributed by atoms with Crippen LogP contribution in [0.3, 0.4) is 0 Å². The summed E-state index contributed by atoms with van der Waals surface area (Å²) in [6.07, 6.45) is 3.00. The average Bonchev–Trinajstić information content (AvgIpc) is 3.39. The van der Waals surface area contributed by atoms with Crippen LogP contribution in [-0.2, 0) is 0 Å². The Kier molecular flexibility index (Phi) is 4.46. The topological polar surface area (TPSA) is 85.6 Å². The van der Waals surface area contributed by atoms with Gasteiger partial charge in [0.05, 0.1) is 26.5 Å². The van der Waals surface area contributed by atoms with Crippen LogP contribution in [0.4, 0.5) is 10.2 Å². The van der Waals surface area contributed by atoms with E-state index in [-0.39, 0.29) is 6.04 Å². The van der Waals surface area contributed by atoms with Gasteiger partial charge in [0.15, 0.2) is 5.65 Å². The molecule has 0 bridgehead atoms. The van der Waals surface area contributed by atoms with Crippen LogP contribution in [0.5, 0.6) is 11.5 Å². The Labute approximate surface area is 167 Å². The number of ether oxygens (including phenoxy) is 2. The zero-order chi connectivity index (χ0) is 20.0. The van der Waals surface area contributed by atoms with Crippen molar-refractivity contribution in [2.24, 2.45) is 0 Å². The molecular weight excluding hydrogens is 375 g/mol. The predicted octanol–water partition coefficient (Wildman–Crippen LogP) is 2.41. The third-order valence-corrected chi connectivity index (χ3v) is 5.46. The van der Waals surface area contributed by atoms with Crippen LogP contribution in [0.1, 0.15) is 24.5 Å². The quantitative estimate of drug-likeness (QED) is 0.659. The Morgan fingerprint density at radius 2 is 2.00 bits per heavy atom. The summed E-state index contributed by atoms with van der Waals surface area (Å²) < 4.78 is 26.8. The monoisotopic (exact) mass is 398 g/mol. The molecule has 0 aromatic carbocycles. The summed E-state index contributed by atoms with van der Waals surface area (Å²) in [5.74, 6) is 2.37. The summed E-state index contributed by atoms with van der Waals surface area (Å²) in [5.41, 5.74) is 2.93. The lowest BCUT2D eigenvalue weighted by Gasteiger charge is -2.16. The maximum Gasteiger partial charge on any atom is 0.157 e. The number of imidazole rings is 1. The molecule has 2 unspecified atom stereocenters. The molecule has 1 saturated heterocycles. The minimum absolute atomic E-state index is 0.310. The molecule has 152 valence electrons. The average molecular weight is 398 g/mol. The number of fused-ring (bicyclic) bond motifs is 1. The van der Waals surface area contributed by atoms with Crippen LogP contribution in [0.15, 0.2) is 24.4 Å². The normalized spacial score (nSPS) is 21.5. The summed E-state index contributed by atoms with van der Waals surface area (Å²) in [6, 6.07) is 5.21.